The van der Waals surface area contributed by atoms with Gasteiger partial charge in [-0.05, 0) is 26.8 Å². The number of aryl methyl sites for hydroxylation is 1. The van der Waals surface area contributed by atoms with Crippen molar-refractivity contribution in [3.8, 4) is 0 Å². The summed E-state index contributed by atoms with van der Waals surface area (Å²) in [5.41, 5.74) is 7.50. The number of imidazole rings is 1. The molecule has 0 bridgehead atoms. The van der Waals surface area contributed by atoms with Crippen molar-refractivity contribution in [3.05, 3.63) is 16.9 Å². The van der Waals surface area contributed by atoms with Crippen LogP contribution in [0.3, 0.4) is 0 Å². The topological polar surface area (TPSA) is 78.0 Å². The van der Waals surface area contributed by atoms with Gasteiger partial charge >= 0.3 is 0 Å². The molecule has 0 fully saturated rings. The van der Waals surface area contributed by atoms with Gasteiger partial charge in [-0.2, -0.15) is 0 Å². The Balaban J connectivity index is 2.97. The van der Waals surface area contributed by atoms with Crippen LogP contribution < -0.4 is 5.73 Å². The molecule has 2 N–H and O–H groups in total. The van der Waals surface area contributed by atoms with E-state index >= 15 is 0 Å². The fourth-order valence-electron chi connectivity index (χ4n) is 2.26. The van der Waals surface area contributed by atoms with E-state index < -0.39 is 9.84 Å². The number of benzene rings is 1. The van der Waals surface area contributed by atoms with Gasteiger partial charge in [0.2, 0.25) is 0 Å². The van der Waals surface area contributed by atoms with Crippen LogP contribution in [-0.2, 0) is 9.84 Å². The van der Waals surface area contributed by atoms with Crippen molar-refractivity contribution >= 4 is 38.2 Å². The van der Waals surface area contributed by atoms with Crippen molar-refractivity contribution in [3.63, 3.8) is 0 Å². The molecule has 0 saturated heterocycles. The molecule has 0 spiro atoms. The van der Waals surface area contributed by atoms with E-state index in [0.29, 0.717) is 11.0 Å². The Morgan fingerprint density at radius 2 is 2.00 bits per heavy atom. The molecule has 7 heteroatoms. The highest BCUT2D eigenvalue weighted by Gasteiger charge is 2.22. The van der Waals surface area contributed by atoms with E-state index in [-0.39, 0.29) is 21.6 Å². The number of aromatic nitrogens is 2. The zero-order valence-corrected chi connectivity index (χ0v) is 12.8. The van der Waals surface area contributed by atoms with Crippen molar-refractivity contribution in [2.45, 2.75) is 31.7 Å². The highest BCUT2D eigenvalue weighted by molar-refractivity contribution is 7.90. The Hall–Kier alpha value is -1.27. The van der Waals surface area contributed by atoms with E-state index in [0.717, 1.165) is 12.1 Å². The van der Waals surface area contributed by atoms with E-state index in [2.05, 4.69) is 4.98 Å². The molecule has 2 aromatic rings. The smallest absolute Gasteiger partial charge is 0.177 e. The molecular formula is C12H16ClN3O2S. The number of halogens is 1. The third kappa shape index (κ3) is 2.19. The molecule has 0 unspecified atom stereocenters. The summed E-state index contributed by atoms with van der Waals surface area (Å²) in [5, 5.41) is 0.0665. The molecule has 19 heavy (non-hydrogen) atoms. The normalized spacial score (nSPS) is 12.5. The van der Waals surface area contributed by atoms with Gasteiger partial charge in [0, 0.05) is 12.3 Å². The molecule has 0 saturated carbocycles. The summed E-state index contributed by atoms with van der Waals surface area (Å²) in [6.45, 7) is 5.87. The molecule has 0 aliphatic rings. The second-order valence-corrected chi connectivity index (χ2v) is 7.23. The van der Waals surface area contributed by atoms with E-state index in [9.17, 15) is 8.42 Å². The van der Waals surface area contributed by atoms with Crippen LogP contribution in [0, 0.1) is 6.92 Å². The van der Waals surface area contributed by atoms with Gasteiger partial charge in [0.25, 0.3) is 0 Å². The summed E-state index contributed by atoms with van der Waals surface area (Å²) in [6.07, 6.45) is 1.10. The highest BCUT2D eigenvalue weighted by Crippen LogP contribution is 2.36. The van der Waals surface area contributed by atoms with Crippen LogP contribution in [0.4, 0.5) is 5.69 Å². The van der Waals surface area contributed by atoms with Crippen LogP contribution >= 0.6 is 11.6 Å². The highest BCUT2D eigenvalue weighted by atomic mass is 35.5. The van der Waals surface area contributed by atoms with E-state index in [4.69, 9.17) is 17.3 Å². The lowest BCUT2D eigenvalue weighted by Crippen LogP contribution is -2.06. The second-order valence-electron chi connectivity index (χ2n) is 4.87. The number of fused-ring (bicyclic) bond motifs is 1. The Labute approximate surface area is 117 Å². The van der Waals surface area contributed by atoms with Gasteiger partial charge in [0.05, 0.1) is 26.6 Å². The van der Waals surface area contributed by atoms with Crippen molar-refractivity contribution < 1.29 is 8.42 Å². The first-order valence-corrected chi connectivity index (χ1v) is 8.08. The fraction of sp³-hybridized carbons (Fsp3) is 0.417. The minimum Gasteiger partial charge on any atom is -0.396 e. The number of nitrogen functional groups attached to an aromatic ring is 1. The number of anilines is 1. The number of nitrogens with zero attached hydrogens (tertiary/aromatic N) is 2. The molecule has 0 radical (unpaired) electrons. The maximum atomic E-state index is 11.7. The Bertz CT molecular complexity index is 763. The number of hydrogen-bond acceptors (Lipinski definition) is 4. The van der Waals surface area contributed by atoms with Crippen LogP contribution in [0.5, 0.6) is 0 Å². The van der Waals surface area contributed by atoms with Crippen LogP contribution in [0.25, 0.3) is 11.0 Å². The third-order valence-corrected chi connectivity index (χ3v) is 4.65. The molecule has 5 nitrogen and oxygen atoms in total. The first-order chi connectivity index (χ1) is 8.64. The van der Waals surface area contributed by atoms with Crippen LogP contribution in [0.1, 0.15) is 25.7 Å². The first kappa shape index (κ1) is 14.1. The minimum absolute atomic E-state index is 0.0209. The van der Waals surface area contributed by atoms with Gasteiger partial charge in [0.15, 0.2) is 9.84 Å². The maximum Gasteiger partial charge on any atom is 0.177 e. The van der Waals surface area contributed by atoms with Gasteiger partial charge in [-0.15, -0.1) is 0 Å². The van der Waals surface area contributed by atoms with Crippen LogP contribution in [0.15, 0.2) is 11.0 Å². The molecule has 1 aromatic carbocycles. The van der Waals surface area contributed by atoms with Gasteiger partial charge in [0.1, 0.15) is 5.82 Å². The standard InChI is InChI=1S/C12H16ClN3O2S/c1-6(2)16-7(3)15-8-5-9(19(4,17)18)10(13)11(14)12(8)16/h5-6H,14H2,1-4H3. The van der Waals surface area contributed by atoms with Gasteiger partial charge < -0.3 is 10.3 Å². The molecule has 1 heterocycles. The molecule has 2 rings (SSSR count). The molecular weight excluding hydrogens is 286 g/mol. The van der Waals surface area contributed by atoms with Crippen molar-refractivity contribution in [2.75, 3.05) is 12.0 Å². The maximum absolute atomic E-state index is 11.7. The summed E-state index contributed by atoms with van der Waals surface area (Å²) in [6, 6.07) is 1.64. The van der Waals surface area contributed by atoms with Gasteiger partial charge in [-0.1, -0.05) is 11.6 Å². The Kier molecular flexibility index (Phi) is 3.26. The van der Waals surface area contributed by atoms with E-state index in [1.165, 1.54) is 6.07 Å². The van der Waals surface area contributed by atoms with Crippen LogP contribution in [0.2, 0.25) is 5.02 Å². The number of hydrogen-bond donors (Lipinski definition) is 1. The lowest BCUT2D eigenvalue weighted by Gasteiger charge is -2.13. The summed E-state index contributed by atoms with van der Waals surface area (Å²) < 4.78 is 25.3. The largest absolute Gasteiger partial charge is 0.396 e. The second kappa shape index (κ2) is 4.38. The SMILES string of the molecule is Cc1nc2cc(S(C)(=O)=O)c(Cl)c(N)c2n1C(C)C. The monoisotopic (exact) mass is 301 g/mol. The third-order valence-electron chi connectivity index (χ3n) is 3.01. The average Bonchev–Trinajstić information content (AvgIpc) is 2.58. The van der Waals surface area contributed by atoms with Crippen molar-refractivity contribution in [1.29, 1.82) is 0 Å². The minimum atomic E-state index is -3.43. The van der Waals surface area contributed by atoms with E-state index in [1.54, 1.807) is 0 Å². The Morgan fingerprint density at radius 3 is 2.47 bits per heavy atom. The van der Waals surface area contributed by atoms with Crippen LogP contribution in [-0.4, -0.2) is 24.2 Å². The summed E-state index contributed by atoms with van der Waals surface area (Å²) in [4.78, 5) is 4.39. The molecule has 0 aliphatic heterocycles. The predicted molar refractivity (Wildman–Crippen MR) is 77.4 cm³/mol. The summed E-state index contributed by atoms with van der Waals surface area (Å²) >= 11 is 6.10. The number of nitrogens with two attached hydrogens (primary N) is 1. The lowest BCUT2D eigenvalue weighted by molar-refractivity contribution is 0.600. The zero-order valence-electron chi connectivity index (χ0n) is 11.2. The average molecular weight is 302 g/mol. The van der Waals surface area contributed by atoms with Crippen molar-refractivity contribution in [1.82, 2.24) is 9.55 Å². The quantitative estimate of drug-likeness (QED) is 0.865. The molecule has 0 atom stereocenters. The summed E-state index contributed by atoms with van der Waals surface area (Å²) in [5.74, 6) is 0.776. The van der Waals surface area contributed by atoms with Crippen molar-refractivity contribution in [2.24, 2.45) is 0 Å². The molecule has 0 aliphatic carbocycles. The number of rotatable bonds is 2. The summed E-state index contributed by atoms with van der Waals surface area (Å²) in [7, 11) is -3.43. The van der Waals surface area contributed by atoms with Gasteiger partial charge in [-0.25, -0.2) is 13.4 Å². The molecule has 104 valence electrons. The molecule has 0 amide bonds. The predicted octanol–water partition coefficient (Wildman–Crippen LogP) is 2.56. The fourth-order valence-corrected chi connectivity index (χ4v) is 3.59. The molecule has 1 aromatic heterocycles. The lowest BCUT2D eigenvalue weighted by atomic mass is 10.2. The van der Waals surface area contributed by atoms with Gasteiger partial charge in [-0.3, -0.25) is 0 Å². The first-order valence-electron chi connectivity index (χ1n) is 5.81. The van der Waals surface area contributed by atoms with E-state index in [1.807, 2.05) is 25.3 Å². The Morgan fingerprint density at radius 1 is 1.42 bits per heavy atom. The number of sulfone groups is 1. The zero-order chi connectivity index (χ0) is 14.5.